The van der Waals surface area contributed by atoms with Crippen molar-refractivity contribution in [2.75, 3.05) is 13.7 Å². The minimum Gasteiger partial charge on any atom is -0.497 e. The Hall–Kier alpha value is -2.89. The fourth-order valence-electron chi connectivity index (χ4n) is 2.92. The Morgan fingerprint density at radius 2 is 1.69 bits per heavy atom. The zero-order valence-electron chi connectivity index (χ0n) is 17.3. The van der Waals surface area contributed by atoms with E-state index >= 15 is 0 Å². The molecule has 5 nitrogen and oxygen atoms in total. The summed E-state index contributed by atoms with van der Waals surface area (Å²) < 4.78 is 18.4. The number of hydrogen-bond acceptors (Lipinski definition) is 3. The molecule has 1 N–H and O–H groups in total. The topological polar surface area (TPSA) is 58.6 Å². The van der Waals surface area contributed by atoms with Gasteiger partial charge in [0.1, 0.15) is 17.6 Å². The second-order valence-electron chi connectivity index (χ2n) is 6.99. The number of nitrogens with zero attached hydrogens (tertiary/aromatic N) is 1. The molecule has 0 aliphatic heterocycles. The van der Waals surface area contributed by atoms with Crippen molar-refractivity contribution >= 4 is 11.8 Å². The van der Waals surface area contributed by atoms with Crippen LogP contribution in [0.1, 0.15) is 37.8 Å². The molecule has 2 rings (SSSR count). The number of hydrogen-bond donors (Lipinski definition) is 1. The molecular weight excluding hydrogens is 371 g/mol. The third-order valence-electron chi connectivity index (χ3n) is 4.78. The first-order valence-electron chi connectivity index (χ1n) is 9.89. The quantitative estimate of drug-likeness (QED) is 0.619. The van der Waals surface area contributed by atoms with Crippen LogP contribution in [0.5, 0.6) is 5.75 Å². The third kappa shape index (κ3) is 6.89. The van der Waals surface area contributed by atoms with Crippen molar-refractivity contribution in [3.8, 4) is 5.75 Å². The molecule has 0 aliphatic carbocycles. The molecule has 2 aromatic carbocycles. The summed E-state index contributed by atoms with van der Waals surface area (Å²) in [5, 5.41) is 2.88. The second-order valence-corrected chi connectivity index (χ2v) is 6.99. The maximum Gasteiger partial charge on any atom is 0.242 e. The zero-order valence-corrected chi connectivity index (χ0v) is 17.3. The summed E-state index contributed by atoms with van der Waals surface area (Å²) in [4.78, 5) is 27.2. The van der Waals surface area contributed by atoms with E-state index in [2.05, 4.69) is 12.2 Å². The van der Waals surface area contributed by atoms with E-state index in [0.29, 0.717) is 12.3 Å². The van der Waals surface area contributed by atoms with Gasteiger partial charge in [-0.25, -0.2) is 4.39 Å². The molecule has 2 aromatic rings. The van der Waals surface area contributed by atoms with E-state index in [1.807, 2.05) is 12.1 Å². The van der Waals surface area contributed by atoms with Gasteiger partial charge < -0.3 is 15.0 Å². The van der Waals surface area contributed by atoms with E-state index in [1.54, 1.807) is 43.2 Å². The van der Waals surface area contributed by atoms with Crippen LogP contribution < -0.4 is 10.1 Å². The second kappa shape index (κ2) is 11.2. The van der Waals surface area contributed by atoms with Crippen LogP contribution in [0.2, 0.25) is 0 Å². The summed E-state index contributed by atoms with van der Waals surface area (Å²) in [5.41, 5.74) is 1.60. The van der Waals surface area contributed by atoms with Gasteiger partial charge in [-0.05, 0) is 48.7 Å². The molecule has 1 atom stereocenters. The number of ether oxygens (including phenoxy) is 1. The van der Waals surface area contributed by atoms with Gasteiger partial charge in [0, 0.05) is 13.1 Å². The van der Waals surface area contributed by atoms with Crippen molar-refractivity contribution in [1.29, 1.82) is 0 Å². The lowest BCUT2D eigenvalue weighted by molar-refractivity contribution is -0.140. The molecule has 6 heteroatoms. The zero-order chi connectivity index (χ0) is 21.2. The van der Waals surface area contributed by atoms with Crippen LogP contribution in [0.4, 0.5) is 4.39 Å². The lowest BCUT2D eigenvalue weighted by atomic mass is 10.1. The first kappa shape index (κ1) is 22.4. The first-order valence-corrected chi connectivity index (χ1v) is 9.89. The maximum atomic E-state index is 13.2. The number of amides is 2. The number of carbonyl (C=O) groups excluding carboxylic acids is 2. The Morgan fingerprint density at radius 3 is 2.28 bits per heavy atom. The van der Waals surface area contributed by atoms with E-state index < -0.39 is 6.04 Å². The Balaban J connectivity index is 2.15. The van der Waals surface area contributed by atoms with Crippen molar-refractivity contribution < 1.29 is 18.7 Å². The van der Waals surface area contributed by atoms with Crippen molar-refractivity contribution in [2.45, 2.75) is 45.7 Å². The Morgan fingerprint density at radius 1 is 1.07 bits per heavy atom. The molecule has 0 heterocycles. The van der Waals surface area contributed by atoms with Gasteiger partial charge in [-0.2, -0.15) is 0 Å². The number of unbranched alkanes of at least 4 members (excludes halogenated alkanes) is 1. The molecule has 29 heavy (non-hydrogen) atoms. The van der Waals surface area contributed by atoms with E-state index in [0.717, 1.165) is 24.0 Å². The summed E-state index contributed by atoms with van der Waals surface area (Å²) in [6, 6.07) is 12.6. The highest BCUT2D eigenvalue weighted by Crippen LogP contribution is 2.15. The molecule has 0 spiro atoms. The molecule has 156 valence electrons. The Bertz CT molecular complexity index is 791. The number of methoxy groups -OCH3 is 1. The van der Waals surface area contributed by atoms with Crippen LogP contribution >= 0.6 is 0 Å². The van der Waals surface area contributed by atoms with Crippen LogP contribution in [-0.2, 0) is 22.6 Å². The smallest absolute Gasteiger partial charge is 0.242 e. The van der Waals surface area contributed by atoms with Crippen LogP contribution in [0.25, 0.3) is 0 Å². The van der Waals surface area contributed by atoms with E-state index in [-0.39, 0.29) is 30.6 Å². The van der Waals surface area contributed by atoms with Crippen LogP contribution in [0.15, 0.2) is 48.5 Å². The van der Waals surface area contributed by atoms with Crippen molar-refractivity contribution in [3.63, 3.8) is 0 Å². The summed E-state index contributed by atoms with van der Waals surface area (Å²) in [6.45, 7) is 4.58. The molecule has 2 amide bonds. The highest BCUT2D eigenvalue weighted by atomic mass is 19.1. The monoisotopic (exact) mass is 400 g/mol. The fourth-order valence-corrected chi connectivity index (χ4v) is 2.92. The summed E-state index contributed by atoms with van der Waals surface area (Å²) in [7, 11) is 1.59. The average molecular weight is 400 g/mol. The molecule has 0 radical (unpaired) electrons. The summed E-state index contributed by atoms with van der Waals surface area (Å²) in [5.74, 6) is 0.0181. The van der Waals surface area contributed by atoms with E-state index in [1.165, 1.54) is 12.1 Å². The summed E-state index contributed by atoms with van der Waals surface area (Å²) >= 11 is 0. The number of benzene rings is 2. The number of carbonyl (C=O) groups is 2. The number of nitrogens with one attached hydrogen (secondary N) is 1. The van der Waals surface area contributed by atoms with Crippen molar-refractivity contribution in [2.24, 2.45) is 0 Å². The standard InChI is InChI=1S/C23H29FN2O3/c1-4-5-14-25-23(28)17(2)26(16-19-6-10-20(24)11-7-19)22(27)15-18-8-12-21(29-3)13-9-18/h6-13,17H,4-5,14-16H2,1-3H3,(H,25,28)/t17-/m0/s1. The van der Waals surface area contributed by atoms with Crippen LogP contribution in [0, 0.1) is 5.82 Å². The van der Waals surface area contributed by atoms with E-state index in [9.17, 15) is 14.0 Å². The third-order valence-corrected chi connectivity index (χ3v) is 4.78. The molecule has 0 aromatic heterocycles. The van der Waals surface area contributed by atoms with Crippen molar-refractivity contribution in [1.82, 2.24) is 10.2 Å². The summed E-state index contributed by atoms with van der Waals surface area (Å²) in [6.07, 6.45) is 2.03. The average Bonchev–Trinajstić information content (AvgIpc) is 2.73. The normalized spacial score (nSPS) is 11.6. The SMILES string of the molecule is CCCCNC(=O)[C@H](C)N(Cc1ccc(F)cc1)C(=O)Cc1ccc(OC)cc1. The highest BCUT2D eigenvalue weighted by Gasteiger charge is 2.26. The molecule has 0 saturated carbocycles. The minimum atomic E-state index is -0.636. The van der Waals surface area contributed by atoms with Gasteiger partial charge in [0.15, 0.2) is 0 Å². The van der Waals surface area contributed by atoms with Gasteiger partial charge in [-0.3, -0.25) is 9.59 Å². The van der Waals surface area contributed by atoms with Gasteiger partial charge in [-0.15, -0.1) is 0 Å². The van der Waals surface area contributed by atoms with Crippen molar-refractivity contribution in [3.05, 3.63) is 65.5 Å². The predicted octanol–water partition coefficient (Wildman–Crippen LogP) is 3.71. The molecule has 0 saturated heterocycles. The largest absolute Gasteiger partial charge is 0.497 e. The Labute approximate surface area is 171 Å². The number of rotatable bonds is 10. The highest BCUT2D eigenvalue weighted by molar-refractivity contribution is 5.88. The molecule has 0 bridgehead atoms. The minimum absolute atomic E-state index is 0.164. The molecule has 0 unspecified atom stereocenters. The Kier molecular flexibility index (Phi) is 8.65. The van der Waals surface area contributed by atoms with Gasteiger partial charge in [0.2, 0.25) is 11.8 Å². The lowest BCUT2D eigenvalue weighted by Gasteiger charge is -2.29. The van der Waals surface area contributed by atoms with Gasteiger partial charge in [0.25, 0.3) is 0 Å². The fraction of sp³-hybridized carbons (Fsp3) is 0.391. The molecule has 0 aliphatic rings. The van der Waals surface area contributed by atoms with Gasteiger partial charge >= 0.3 is 0 Å². The lowest BCUT2D eigenvalue weighted by Crippen LogP contribution is -2.48. The maximum absolute atomic E-state index is 13.2. The molecular formula is C23H29FN2O3. The van der Waals surface area contributed by atoms with Crippen LogP contribution in [-0.4, -0.2) is 36.4 Å². The molecule has 0 fully saturated rings. The number of halogens is 1. The van der Waals surface area contributed by atoms with Crippen LogP contribution in [0.3, 0.4) is 0 Å². The van der Waals surface area contributed by atoms with E-state index in [4.69, 9.17) is 4.74 Å². The van der Waals surface area contributed by atoms with Gasteiger partial charge in [-0.1, -0.05) is 37.6 Å². The van der Waals surface area contributed by atoms with Gasteiger partial charge in [0.05, 0.1) is 13.5 Å². The predicted molar refractivity (Wildman–Crippen MR) is 111 cm³/mol. The first-order chi connectivity index (χ1) is 13.9.